The summed E-state index contributed by atoms with van der Waals surface area (Å²) in [6.45, 7) is 11.7. The highest BCUT2D eigenvalue weighted by atomic mass is 16.5. The van der Waals surface area contributed by atoms with E-state index in [0.29, 0.717) is 18.0 Å². The summed E-state index contributed by atoms with van der Waals surface area (Å²) >= 11 is 0. The van der Waals surface area contributed by atoms with E-state index in [2.05, 4.69) is 30.6 Å². The predicted molar refractivity (Wildman–Crippen MR) is 75.9 cm³/mol. The number of hydrogen-bond acceptors (Lipinski definition) is 3. The van der Waals surface area contributed by atoms with Crippen LogP contribution in [0.5, 0.6) is 0 Å². The van der Waals surface area contributed by atoms with Crippen LogP contribution in [0.15, 0.2) is 0 Å². The van der Waals surface area contributed by atoms with Gasteiger partial charge in [0.1, 0.15) is 0 Å². The Hall–Kier alpha value is -0.120. The molecule has 2 aliphatic rings. The molecule has 2 aliphatic heterocycles. The first-order chi connectivity index (χ1) is 8.63. The molecule has 3 nitrogen and oxygen atoms in total. The zero-order valence-corrected chi connectivity index (χ0v) is 12.6. The van der Waals surface area contributed by atoms with Gasteiger partial charge in [0.25, 0.3) is 0 Å². The minimum atomic E-state index is 0.578. The highest BCUT2D eigenvalue weighted by molar-refractivity contribution is 4.92. The summed E-state index contributed by atoms with van der Waals surface area (Å²) in [5.41, 5.74) is 0. The second-order valence-corrected chi connectivity index (χ2v) is 6.46. The molecule has 0 bridgehead atoms. The van der Waals surface area contributed by atoms with Crippen molar-refractivity contribution < 1.29 is 4.74 Å². The van der Waals surface area contributed by atoms with E-state index in [1.807, 2.05) is 7.11 Å². The lowest BCUT2D eigenvalue weighted by molar-refractivity contribution is -0.0383. The zero-order chi connectivity index (χ0) is 13.1. The number of nitrogens with zero attached hydrogens (tertiary/aromatic N) is 2. The maximum Gasteiger partial charge on any atom is 0.0620 e. The summed E-state index contributed by atoms with van der Waals surface area (Å²) < 4.78 is 5.45. The molecule has 106 valence electrons. The van der Waals surface area contributed by atoms with Gasteiger partial charge in [0, 0.05) is 38.3 Å². The molecule has 3 atom stereocenters. The maximum atomic E-state index is 5.45. The van der Waals surface area contributed by atoms with Crippen LogP contribution in [0.3, 0.4) is 0 Å². The molecule has 2 fully saturated rings. The SMILES string of the molecule is COCC(C(C)C)N1CC2CCCCN2CC1C. The van der Waals surface area contributed by atoms with Gasteiger partial charge in [-0.1, -0.05) is 20.3 Å². The first-order valence-corrected chi connectivity index (χ1v) is 7.62. The molecule has 0 aliphatic carbocycles. The lowest BCUT2D eigenvalue weighted by Gasteiger charge is -2.50. The molecular formula is C15H30N2O. The molecule has 3 heteroatoms. The molecule has 2 rings (SSSR count). The number of piperidine rings is 1. The molecule has 2 heterocycles. The van der Waals surface area contributed by atoms with Crippen molar-refractivity contribution in [3.05, 3.63) is 0 Å². The summed E-state index contributed by atoms with van der Waals surface area (Å²) in [6.07, 6.45) is 4.20. The molecule has 0 aromatic heterocycles. The van der Waals surface area contributed by atoms with Crippen LogP contribution in [-0.2, 0) is 4.74 Å². The van der Waals surface area contributed by atoms with Gasteiger partial charge in [0.2, 0.25) is 0 Å². The molecule has 0 N–H and O–H groups in total. The van der Waals surface area contributed by atoms with Gasteiger partial charge in [-0.25, -0.2) is 0 Å². The third-order valence-corrected chi connectivity index (χ3v) is 4.77. The molecule has 0 spiro atoms. The van der Waals surface area contributed by atoms with Gasteiger partial charge in [-0.3, -0.25) is 9.80 Å². The van der Waals surface area contributed by atoms with E-state index >= 15 is 0 Å². The van der Waals surface area contributed by atoms with Gasteiger partial charge < -0.3 is 4.74 Å². The second kappa shape index (κ2) is 6.36. The Morgan fingerprint density at radius 2 is 2.00 bits per heavy atom. The molecule has 0 aromatic carbocycles. The maximum absolute atomic E-state index is 5.45. The molecule has 0 aromatic rings. The molecule has 2 saturated heterocycles. The van der Waals surface area contributed by atoms with Crippen LogP contribution in [0.1, 0.15) is 40.0 Å². The second-order valence-electron chi connectivity index (χ2n) is 6.46. The van der Waals surface area contributed by atoms with E-state index in [4.69, 9.17) is 4.74 Å². The summed E-state index contributed by atoms with van der Waals surface area (Å²) in [5.74, 6) is 0.669. The van der Waals surface area contributed by atoms with Crippen molar-refractivity contribution in [3.63, 3.8) is 0 Å². The van der Waals surface area contributed by atoms with Crippen LogP contribution in [0.25, 0.3) is 0 Å². The fourth-order valence-electron chi connectivity index (χ4n) is 3.68. The first kappa shape index (κ1) is 14.3. The minimum absolute atomic E-state index is 0.578. The normalized spacial score (nSPS) is 32.5. The highest BCUT2D eigenvalue weighted by Crippen LogP contribution is 2.27. The van der Waals surface area contributed by atoms with Crippen LogP contribution in [-0.4, -0.2) is 61.3 Å². The molecule has 3 unspecified atom stereocenters. The Balaban J connectivity index is 2.02. The van der Waals surface area contributed by atoms with E-state index < -0.39 is 0 Å². The van der Waals surface area contributed by atoms with Crippen LogP contribution < -0.4 is 0 Å². The molecule has 0 saturated carbocycles. The quantitative estimate of drug-likeness (QED) is 0.765. The highest BCUT2D eigenvalue weighted by Gasteiger charge is 2.36. The average Bonchev–Trinajstić information content (AvgIpc) is 2.35. The average molecular weight is 254 g/mol. The van der Waals surface area contributed by atoms with Gasteiger partial charge in [-0.15, -0.1) is 0 Å². The Bertz CT molecular complexity index is 257. The standard InChI is InChI=1S/C15H30N2O/c1-12(2)15(11-18-4)17-10-14-7-5-6-8-16(14)9-13(17)3/h12-15H,5-11H2,1-4H3. The topological polar surface area (TPSA) is 15.7 Å². The lowest BCUT2D eigenvalue weighted by atomic mass is 9.93. The monoisotopic (exact) mass is 254 g/mol. The van der Waals surface area contributed by atoms with E-state index in [0.717, 1.165) is 12.6 Å². The largest absolute Gasteiger partial charge is 0.383 e. The van der Waals surface area contributed by atoms with E-state index in [1.165, 1.54) is 38.9 Å². The minimum Gasteiger partial charge on any atom is -0.383 e. The Kier molecular flexibility index (Phi) is 5.05. The van der Waals surface area contributed by atoms with Crippen LogP contribution in [0.4, 0.5) is 0 Å². The summed E-state index contributed by atoms with van der Waals surface area (Å²) in [7, 11) is 1.83. The third kappa shape index (κ3) is 3.06. The Labute approximate surface area is 112 Å². The van der Waals surface area contributed by atoms with Crippen molar-refractivity contribution in [1.82, 2.24) is 9.80 Å². The number of piperazine rings is 1. The van der Waals surface area contributed by atoms with Crippen molar-refractivity contribution in [2.75, 3.05) is 33.4 Å². The summed E-state index contributed by atoms with van der Waals surface area (Å²) in [6, 6.07) is 2.05. The number of hydrogen-bond donors (Lipinski definition) is 0. The smallest absolute Gasteiger partial charge is 0.0620 e. The van der Waals surface area contributed by atoms with E-state index in [-0.39, 0.29) is 0 Å². The number of ether oxygens (including phenoxy) is 1. The van der Waals surface area contributed by atoms with Gasteiger partial charge in [0.15, 0.2) is 0 Å². The van der Waals surface area contributed by atoms with Crippen molar-refractivity contribution in [3.8, 4) is 0 Å². The number of methoxy groups -OCH3 is 1. The molecule has 18 heavy (non-hydrogen) atoms. The van der Waals surface area contributed by atoms with Crippen molar-refractivity contribution in [2.45, 2.75) is 58.2 Å². The fourth-order valence-corrected chi connectivity index (χ4v) is 3.68. The van der Waals surface area contributed by atoms with Gasteiger partial charge >= 0.3 is 0 Å². The van der Waals surface area contributed by atoms with Gasteiger partial charge in [-0.2, -0.15) is 0 Å². The third-order valence-electron chi connectivity index (χ3n) is 4.77. The zero-order valence-electron chi connectivity index (χ0n) is 12.6. The first-order valence-electron chi connectivity index (χ1n) is 7.62. The van der Waals surface area contributed by atoms with Gasteiger partial charge in [0.05, 0.1) is 6.61 Å². The van der Waals surface area contributed by atoms with Crippen molar-refractivity contribution in [2.24, 2.45) is 5.92 Å². The van der Waals surface area contributed by atoms with Crippen LogP contribution in [0.2, 0.25) is 0 Å². The summed E-state index contributed by atoms with van der Waals surface area (Å²) in [4.78, 5) is 5.43. The van der Waals surface area contributed by atoms with E-state index in [1.54, 1.807) is 0 Å². The van der Waals surface area contributed by atoms with Crippen LogP contribution >= 0.6 is 0 Å². The molecule has 0 radical (unpaired) electrons. The summed E-state index contributed by atoms with van der Waals surface area (Å²) in [5, 5.41) is 0. The van der Waals surface area contributed by atoms with Gasteiger partial charge in [-0.05, 0) is 32.2 Å². The lowest BCUT2D eigenvalue weighted by Crippen LogP contribution is -2.62. The van der Waals surface area contributed by atoms with Crippen molar-refractivity contribution in [1.29, 1.82) is 0 Å². The number of fused-ring (bicyclic) bond motifs is 1. The van der Waals surface area contributed by atoms with Crippen LogP contribution in [0, 0.1) is 5.92 Å². The van der Waals surface area contributed by atoms with Crippen molar-refractivity contribution >= 4 is 0 Å². The Morgan fingerprint density at radius 1 is 1.22 bits per heavy atom. The number of rotatable bonds is 4. The Morgan fingerprint density at radius 3 is 2.67 bits per heavy atom. The fraction of sp³-hybridized carbons (Fsp3) is 1.00. The predicted octanol–water partition coefficient (Wildman–Crippen LogP) is 2.22. The molecule has 0 amide bonds. The molecular weight excluding hydrogens is 224 g/mol. The van der Waals surface area contributed by atoms with E-state index in [9.17, 15) is 0 Å².